The Morgan fingerprint density at radius 2 is 0.417 bits per heavy atom. The minimum Gasteiger partial charge on any atom is -0.370 e. The normalized spacial score (nSPS) is 11.3. The Labute approximate surface area is 458 Å². The Bertz CT molecular complexity index is 2920. The van der Waals surface area contributed by atoms with E-state index < -0.39 is 229 Å². The van der Waals surface area contributed by atoms with E-state index in [9.17, 15) is 132 Å². The molecule has 0 saturated heterocycles. The van der Waals surface area contributed by atoms with Gasteiger partial charge in [-0.25, -0.2) is 132 Å². The van der Waals surface area contributed by atoms with Gasteiger partial charge in [0.15, 0.2) is 175 Å². The van der Waals surface area contributed by atoms with Crippen LogP contribution >= 0.6 is 0 Å². The molecule has 1 heterocycles. The Kier molecular flexibility index (Phi) is 22.8. The van der Waals surface area contributed by atoms with Gasteiger partial charge in [0.2, 0.25) is 0 Å². The fraction of sp³-hybridized carbons (Fsp3) is 0.224. The molecule has 0 amide bonds. The second-order valence-corrected chi connectivity index (χ2v) is 22.4. The molecule has 0 bridgehead atoms. The fourth-order valence-corrected chi connectivity index (χ4v) is 14.3. The van der Waals surface area contributed by atoms with Gasteiger partial charge in [-0.1, -0.05) is 58.3 Å². The molecule has 6 aromatic carbocycles. The summed E-state index contributed by atoms with van der Waals surface area (Å²) < 4.78 is 403. The van der Waals surface area contributed by atoms with Crippen LogP contribution < -0.4 is 31.5 Å². The fourth-order valence-electron chi connectivity index (χ4n) is 8.04. The predicted molar refractivity (Wildman–Crippen MR) is 233 cm³/mol. The van der Waals surface area contributed by atoms with Crippen molar-refractivity contribution in [1.29, 1.82) is 0 Å². The number of hydrogen-bond acceptors (Lipinski definition) is 2. The Balaban J connectivity index is 0.000000246. The smallest absolute Gasteiger partial charge is 0.370 e. The molecule has 0 aliphatic carbocycles. The predicted octanol–water partition coefficient (Wildman–Crippen LogP) is 12.1. The minimum absolute atomic E-state index is 0.906. The van der Waals surface area contributed by atoms with Gasteiger partial charge in [-0.15, -0.1) is 0 Å². The highest BCUT2D eigenvalue weighted by atomic mass is 27.2. The van der Waals surface area contributed by atoms with E-state index >= 15 is 0 Å². The summed E-state index contributed by atoms with van der Waals surface area (Å²) in [5, 5.41) is 7.64. The number of unbranched alkanes of at least 4 members (excludes halogenated alkanes) is 8. The number of aromatic nitrogens is 3. The molecule has 0 fully saturated rings. The topological polar surface area (TPSA) is 39.9 Å². The molecule has 0 unspecified atom stereocenters. The van der Waals surface area contributed by atoms with Gasteiger partial charge in [0.25, 0.3) is 0 Å². The number of rotatable bonds is 16. The first-order valence-corrected chi connectivity index (χ1v) is 26.6. The molecular weight excluding hydrogens is 1250 g/mol. The van der Waals surface area contributed by atoms with Crippen LogP contribution in [0.2, 0.25) is 0 Å². The highest BCUT2D eigenvalue weighted by molar-refractivity contribution is 6.96. The van der Waals surface area contributed by atoms with Gasteiger partial charge in [0, 0.05) is 0 Å². The van der Waals surface area contributed by atoms with E-state index in [0.29, 0.717) is 0 Å². The molecule has 0 N–H and O–H groups in total. The Morgan fingerprint density at radius 1 is 0.250 bits per heavy atom. The molecular formula is C49H24Al2F30N3-. The highest BCUT2D eigenvalue weighted by Crippen LogP contribution is 2.27. The van der Waals surface area contributed by atoms with Crippen LogP contribution in [-0.4, -0.2) is 38.5 Å². The molecule has 7 rings (SSSR count). The third-order valence-electron chi connectivity index (χ3n) is 12.1. The van der Waals surface area contributed by atoms with Crippen LogP contribution in [0.4, 0.5) is 132 Å². The quantitative estimate of drug-likeness (QED) is 0.0318. The summed E-state index contributed by atoms with van der Waals surface area (Å²) in [6.07, 6.45) is 14.8. The van der Waals surface area contributed by atoms with E-state index in [2.05, 4.69) is 22.1 Å². The largest absolute Gasteiger partial charge is 0.413 e. The van der Waals surface area contributed by atoms with Crippen LogP contribution in [-0.2, 0) is 6.42 Å². The monoisotopic (exact) mass is 1280 g/mol. The van der Waals surface area contributed by atoms with Gasteiger partial charge in [0.05, 0.1) is 0 Å². The van der Waals surface area contributed by atoms with E-state index in [1.807, 2.05) is 0 Å². The molecule has 0 atom stereocenters. The minimum atomic E-state index is -5.96. The molecule has 0 spiro atoms. The highest BCUT2D eigenvalue weighted by Gasteiger charge is 2.49. The van der Waals surface area contributed by atoms with Gasteiger partial charge < -0.3 is 15.2 Å². The number of halogens is 30. The van der Waals surface area contributed by atoms with Crippen molar-refractivity contribution >= 4 is 54.8 Å². The summed E-state index contributed by atoms with van der Waals surface area (Å²) in [6, 6.07) is 0. The zero-order chi connectivity index (χ0) is 63.4. The summed E-state index contributed by atoms with van der Waals surface area (Å²) >= 11 is -11.9. The lowest BCUT2D eigenvalue weighted by atomic mass is 10.1. The van der Waals surface area contributed by atoms with Crippen molar-refractivity contribution in [2.45, 2.75) is 71.1 Å². The van der Waals surface area contributed by atoms with Crippen LogP contribution in [0.15, 0.2) is 6.33 Å². The van der Waals surface area contributed by atoms with Gasteiger partial charge >= 0.3 is 28.3 Å². The molecule has 7 aromatic rings. The van der Waals surface area contributed by atoms with Crippen LogP contribution in [0.3, 0.4) is 0 Å². The summed E-state index contributed by atoms with van der Waals surface area (Å²) in [5.41, 5.74) is 0. The first kappa shape index (κ1) is 68.2. The second kappa shape index (κ2) is 28.1. The van der Waals surface area contributed by atoms with Gasteiger partial charge in [-0.2, -0.15) is 0 Å². The lowest BCUT2D eigenvalue weighted by molar-refractivity contribution is 0.380. The SMILES string of the molecule is CCCCCCCCCCCc1nnc[n-]1.Fc1c(F)c(F)[c]([Al]([c]2c(F)c(F)c(F)c(F)c2F)[c]2c(F)c(F)c(F)c(F)c2F)c(F)c1F.Fc1c(F)c(F)[c]([Al]([c]2c(F)c(F)c(F)c(F)c2F)[c]2c(F)c(F)c(F)c(F)c2F)c(F)c1F. The Hall–Kier alpha value is -6.58. The van der Waals surface area contributed by atoms with Crippen LogP contribution in [0.25, 0.3) is 0 Å². The maximum absolute atomic E-state index is 14.4. The zero-order valence-electron chi connectivity index (χ0n) is 41.0. The molecule has 3 nitrogen and oxygen atoms in total. The molecule has 0 radical (unpaired) electrons. The second-order valence-electron chi connectivity index (χ2n) is 17.2. The van der Waals surface area contributed by atoms with E-state index in [4.69, 9.17) is 0 Å². The van der Waals surface area contributed by atoms with Crippen molar-refractivity contribution in [2.75, 3.05) is 0 Å². The summed E-state index contributed by atoms with van der Waals surface area (Å²) in [4.78, 5) is 4.06. The van der Waals surface area contributed by atoms with Crippen molar-refractivity contribution in [3.05, 3.63) is 187 Å². The van der Waals surface area contributed by atoms with E-state index in [-0.39, 0.29) is 0 Å². The lowest BCUT2D eigenvalue weighted by Gasteiger charge is -2.20. The summed E-state index contributed by atoms with van der Waals surface area (Å²) in [7, 11) is 0. The standard InChI is InChI=1S/C13H24N3.6C6F5.2Al/c1-2-3-4-5-6-7-8-9-10-11-13-14-12-15-16-13;6*7-2-1-3(8)5(10)6(11)4(2)9;;/h12H,2-11H2,1H3;;;;;;;;/q-1;;;;;;;;. The van der Waals surface area contributed by atoms with Crippen molar-refractivity contribution in [2.24, 2.45) is 0 Å². The molecule has 1 aromatic heterocycles. The zero-order valence-corrected chi connectivity index (χ0v) is 43.3. The van der Waals surface area contributed by atoms with E-state index in [1.165, 1.54) is 64.1 Å². The van der Waals surface area contributed by atoms with Gasteiger partial charge in [-0.3, -0.25) is 0 Å². The maximum Gasteiger partial charge on any atom is 0.413 e. The van der Waals surface area contributed by atoms with E-state index in [1.54, 1.807) is 0 Å². The van der Waals surface area contributed by atoms with Crippen LogP contribution in [0.5, 0.6) is 0 Å². The molecule has 0 aliphatic rings. The summed E-state index contributed by atoms with van der Waals surface area (Å²) in [6.45, 7) is 2.26. The number of hydrogen-bond donors (Lipinski definition) is 0. The molecule has 0 aliphatic heterocycles. The van der Waals surface area contributed by atoms with Crippen molar-refractivity contribution in [3.63, 3.8) is 0 Å². The average Bonchev–Trinajstić information content (AvgIpc) is 2.35. The molecule has 84 heavy (non-hydrogen) atoms. The Morgan fingerprint density at radius 3 is 0.583 bits per heavy atom. The third kappa shape index (κ3) is 13.0. The van der Waals surface area contributed by atoms with Crippen molar-refractivity contribution in [1.82, 2.24) is 15.2 Å². The van der Waals surface area contributed by atoms with Gasteiger partial charge in [-0.05, 0) is 51.5 Å². The molecule has 452 valence electrons. The maximum atomic E-state index is 14.4. The van der Waals surface area contributed by atoms with E-state index in [0.717, 1.165) is 12.2 Å². The van der Waals surface area contributed by atoms with Crippen LogP contribution in [0.1, 0.15) is 70.5 Å². The molecule has 0 saturated carbocycles. The van der Waals surface area contributed by atoms with Crippen molar-refractivity contribution in [3.8, 4) is 0 Å². The summed E-state index contributed by atoms with van der Waals surface area (Å²) in [5.74, 6) is -88.3. The number of nitrogens with zero attached hydrogens (tertiary/aromatic N) is 3. The lowest BCUT2D eigenvalue weighted by Crippen LogP contribution is -2.60. The average molecular weight is 1280 g/mol. The van der Waals surface area contributed by atoms with Gasteiger partial charge in [0.1, 0.15) is 0 Å². The third-order valence-corrected chi connectivity index (χ3v) is 18.6. The first-order chi connectivity index (χ1) is 39.3. The van der Waals surface area contributed by atoms with Crippen molar-refractivity contribution < 1.29 is 132 Å². The number of aryl methyl sites for hydroxylation is 1. The molecule has 35 heteroatoms. The first-order valence-electron chi connectivity index (χ1n) is 23.1. The number of benzene rings is 6. The van der Waals surface area contributed by atoms with Crippen LogP contribution in [0, 0.1) is 175 Å².